The van der Waals surface area contributed by atoms with Gasteiger partial charge in [-0.05, 0) is 6.92 Å². The zero-order chi connectivity index (χ0) is 2.71. The summed E-state index contributed by atoms with van der Waals surface area (Å²) < 4.78 is 0. The van der Waals surface area contributed by atoms with Crippen LogP contribution in [0.15, 0.2) is 12.7 Å². The molecule has 0 fully saturated rings. The van der Waals surface area contributed by atoms with Crippen molar-refractivity contribution in [3.63, 3.8) is 0 Å². The van der Waals surface area contributed by atoms with Crippen LogP contribution < -0.4 is 12.3 Å². The second kappa shape index (κ2) is 79.7. The van der Waals surface area contributed by atoms with Gasteiger partial charge in [-0.3, -0.25) is 0 Å². The van der Waals surface area contributed by atoms with Crippen molar-refractivity contribution in [1.29, 1.82) is 0 Å². The van der Waals surface area contributed by atoms with Crippen LogP contribution in [0.5, 0.6) is 0 Å². The van der Waals surface area contributed by atoms with E-state index in [-0.39, 0.29) is 46.3 Å². The number of allylic oxidation sites excluding steroid dienone is 1. The van der Waals surface area contributed by atoms with Crippen LogP contribution in [0.1, 0.15) is 6.92 Å². The fourth-order valence-corrected chi connectivity index (χ4v) is 0. The molecule has 0 radical (unpaired) electrons. The Kier molecular flexibility index (Phi) is 554. The van der Waals surface area contributed by atoms with E-state index in [1.807, 2.05) is 6.92 Å². The van der Waals surface area contributed by atoms with Crippen molar-refractivity contribution in [2.24, 2.45) is 0 Å². The van der Waals surface area contributed by atoms with Gasteiger partial charge >= 0.3 is 0 Å². The molecule has 0 aliphatic rings. The topological polar surface area (TPSA) is 70.0 Å². The van der Waals surface area contributed by atoms with Crippen LogP contribution in [-0.2, 0) is 0 Å². The lowest BCUT2D eigenvalue weighted by molar-refractivity contribution is 1.80. The van der Waals surface area contributed by atoms with Gasteiger partial charge in [0.2, 0.25) is 0 Å². The highest BCUT2D eigenvalue weighted by molar-refractivity contribution is 8.93. The Hall–Kier alpha value is 0.620. The molecule has 0 aliphatic carbocycles. The van der Waals surface area contributed by atoms with Crippen molar-refractivity contribution >= 4 is 34.0 Å². The average Bonchev–Trinajstić information content (AvgIpc) is 0.918. The molecule has 0 bridgehead atoms. The highest BCUT2D eigenvalue weighted by atomic mass is 79.9. The maximum atomic E-state index is 3.36. The van der Waals surface area contributed by atoms with E-state index in [9.17, 15) is 0 Å². The summed E-state index contributed by atoms with van der Waals surface area (Å²) in [5.41, 5.74) is 0. The summed E-state index contributed by atoms with van der Waals surface area (Å²) in [5, 5.41) is 0. The third kappa shape index (κ3) is 368. The Bertz CT molecular complexity index is 18.4. The Morgan fingerprint density at radius 2 is 1.14 bits per heavy atom. The molecule has 7 heavy (non-hydrogen) atoms. The minimum atomic E-state index is 0. The van der Waals surface area contributed by atoms with E-state index in [2.05, 4.69) is 6.58 Å². The second-order valence-electron chi connectivity index (χ2n) is 0.408. The highest BCUT2D eigenvalue weighted by Crippen LogP contribution is 1.38. The predicted octanol–water partition coefficient (Wildman–Crippen LogP) is 2.67. The largest absolute Gasteiger partial charge is 0.344 e. The molecule has 0 saturated carbocycles. The molecule has 0 amide bonds. The van der Waals surface area contributed by atoms with E-state index in [0.29, 0.717) is 0 Å². The summed E-state index contributed by atoms with van der Waals surface area (Å²) in [4.78, 5) is 0. The quantitative estimate of drug-likeness (QED) is 0.636. The normalized spacial score (nSPS) is 1.86. The maximum absolute atomic E-state index is 3.36. The first-order chi connectivity index (χ1) is 1.41. The van der Waals surface area contributed by atoms with E-state index in [1.54, 1.807) is 6.08 Å². The molecule has 50 valence electrons. The van der Waals surface area contributed by atoms with E-state index < -0.39 is 0 Å². The maximum Gasteiger partial charge on any atom is -0.0473 e. The summed E-state index contributed by atoms with van der Waals surface area (Å²) in [7, 11) is 0. The van der Waals surface area contributed by atoms with Crippen LogP contribution in [0.25, 0.3) is 0 Å². The molecule has 6 N–H and O–H groups in total. The van der Waals surface area contributed by atoms with Gasteiger partial charge in [0.1, 0.15) is 0 Å². The molecule has 0 aromatic heterocycles. The highest BCUT2D eigenvalue weighted by Gasteiger charge is 1.15. The van der Waals surface area contributed by atoms with Crippen LogP contribution in [0.4, 0.5) is 0 Å². The second-order valence-corrected chi connectivity index (χ2v) is 0.408. The van der Waals surface area contributed by atoms with Gasteiger partial charge in [0.05, 0.1) is 0 Å². The molecule has 0 aliphatic heterocycles. The lowest BCUT2D eigenvalue weighted by Crippen LogP contribution is -1.07. The van der Waals surface area contributed by atoms with Crippen molar-refractivity contribution in [2.75, 3.05) is 0 Å². The lowest BCUT2D eigenvalue weighted by atomic mass is 10.8. The Labute approximate surface area is 66.1 Å². The van der Waals surface area contributed by atoms with E-state index in [0.717, 1.165) is 0 Å². The van der Waals surface area contributed by atoms with Gasteiger partial charge in [0.25, 0.3) is 0 Å². The molecule has 0 atom stereocenters. The Morgan fingerprint density at radius 1 is 1.14 bits per heavy atom. The minimum absolute atomic E-state index is 0. The summed E-state index contributed by atoms with van der Waals surface area (Å²) in [6.07, 6.45) is 1.75. The number of rotatable bonds is 0. The SMILES string of the molecule is Br.Br.C=CC.N.N. The van der Waals surface area contributed by atoms with Gasteiger partial charge in [0, 0.05) is 0 Å². The third-order valence-electron chi connectivity index (χ3n) is 0. The average molecular weight is 238 g/mol. The first-order valence-electron chi connectivity index (χ1n) is 0.986. The lowest BCUT2D eigenvalue weighted by Gasteiger charge is -1.31. The molecule has 0 rings (SSSR count). The Balaban J connectivity index is -0.00000000333. The van der Waals surface area contributed by atoms with Gasteiger partial charge in [-0.25, -0.2) is 0 Å². The summed E-state index contributed by atoms with van der Waals surface area (Å²) >= 11 is 0. The van der Waals surface area contributed by atoms with Crippen molar-refractivity contribution in [2.45, 2.75) is 6.92 Å². The molecule has 2 nitrogen and oxygen atoms in total. The van der Waals surface area contributed by atoms with E-state index >= 15 is 0 Å². The van der Waals surface area contributed by atoms with Gasteiger partial charge in [-0.2, -0.15) is 0 Å². The monoisotopic (exact) mass is 236 g/mol. The summed E-state index contributed by atoms with van der Waals surface area (Å²) in [6.45, 7) is 5.25. The third-order valence-corrected chi connectivity index (χ3v) is 0. The van der Waals surface area contributed by atoms with Crippen molar-refractivity contribution in [3.05, 3.63) is 12.7 Å². The van der Waals surface area contributed by atoms with Gasteiger partial charge < -0.3 is 12.3 Å². The zero-order valence-corrected chi connectivity index (χ0v) is 7.94. The first kappa shape index (κ1) is 48.6. The molecule has 0 unspecified atom stereocenters. The van der Waals surface area contributed by atoms with Crippen LogP contribution in [0.2, 0.25) is 0 Å². The summed E-state index contributed by atoms with van der Waals surface area (Å²) in [5.74, 6) is 0. The van der Waals surface area contributed by atoms with Crippen LogP contribution >= 0.6 is 34.0 Å². The molecule has 4 heteroatoms. The van der Waals surface area contributed by atoms with Crippen LogP contribution in [-0.4, -0.2) is 0 Å². The smallest absolute Gasteiger partial charge is 0.0473 e. The van der Waals surface area contributed by atoms with E-state index in [4.69, 9.17) is 0 Å². The number of halogens is 2. The van der Waals surface area contributed by atoms with Gasteiger partial charge in [-0.15, -0.1) is 40.5 Å². The van der Waals surface area contributed by atoms with Crippen LogP contribution in [0.3, 0.4) is 0 Å². The van der Waals surface area contributed by atoms with Crippen molar-refractivity contribution in [3.8, 4) is 0 Å². The van der Waals surface area contributed by atoms with Crippen molar-refractivity contribution < 1.29 is 0 Å². The molecule has 0 spiro atoms. The van der Waals surface area contributed by atoms with Crippen LogP contribution in [0, 0.1) is 0 Å². The molecule has 0 aromatic carbocycles. The standard InChI is InChI=1S/C3H6.2BrH.2H3N/c1-3-2;;;;/h3H,1H2,2H3;2*1H;2*1H3. The van der Waals surface area contributed by atoms with Gasteiger partial charge in [0.15, 0.2) is 0 Å². The fraction of sp³-hybridized carbons (Fsp3) is 0.333. The Morgan fingerprint density at radius 3 is 1.14 bits per heavy atom. The molecular weight excluding hydrogens is 224 g/mol. The van der Waals surface area contributed by atoms with E-state index in [1.165, 1.54) is 0 Å². The van der Waals surface area contributed by atoms with Crippen molar-refractivity contribution in [1.82, 2.24) is 12.3 Å². The molecule has 0 saturated heterocycles. The van der Waals surface area contributed by atoms with Gasteiger partial charge in [-0.1, -0.05) is 6.08 Å². The minimum Gasteiger partial charge on any atom is -0.344 e. The number of hydrogen-bond donors (Lipinski definition) is 2. The molecule has 0 aromatic rings. The molecular formula is C3H14Br2N2. The first-order valence-corrected chi connectivity index (χ1v) is 0.986. The molecule has 0 heterocycles. The number of hydrogen-bond acceptors (Lipinski definition) is 2. The zero-order valence-electron chi connectivity index (χ0n) is 4.52. The fourth-order valence-electron chi connectivity index (χ4n) is 0. The summed E-state index contributed by atoms with van der Waals surface area (Å²) in [6, 6.07) is 0. The predicted molar refractivity (Wildman–Crippen MR) is 46.6 cm³/mol.